The quantitative estimate of drug-likeness (QED) is 0.686. The fourth-order valence-corrected chi connectivity index (χ4v) is 5.53. The first-order valence-corrected chi connectivity index (χ1v) is 6.91. The van der Waals surface area contributed by atoms with E-state index in [-0.39, 0.29) is 18.1 Å². The Balaban J connectivity index is 2.09. The van der Waals surface area contributed by atoms with Gasteiger partial charge in [0.2, 0.25) is 0 Å². The van der Waals surface area contributed by atoms with Gasteiger partial charge in [0, 0.05) is 12.0 Å². The van der Waals surface area contributed by atoms with E-state index in [9.17, 15) is 10.2 Å². The Morgan fingerprint density at radius 2 is 2.00 bits per heavy atom. The number of aliphatic hydroxyl groups is 2. The van der Waals surface area contributed by atoms with Crippen molar-refractivity contribution in [3.8, 4) is 0 Å². The summed E-state index contributed by atoms with van der Waals surface area (Å²) in [6, 6.07) is 0. The molecule has 2 N–H and O–H groups in total. The van der Waals surface area contributed by atoms with Gasteiger partial charge in [-0.2, -0.15) is 0 Å². The lowest BCUT2D eigenvalue weighted by Crippen LogP contribution is -2.39. The molecule has 2 heteroatoms. The molecule has 0 amide bonds. The molecular weight excluding hydrogens is 212 g/mol. The molecule has 2 bridgehead atoms. The Morgan fingerprint density at radius 1 is 1.29 bits per heavy atom. The zero-order valence-electron chi connectivity index (χ0n) is 10.9. The van der Waals surface area contributed by atoms with Crippen LogP contribution in [0.15, 0.2) is 12.2 Å². The van der Waals surface area contributed by atoms with Crippen LogP contribution in [0.5, 0.6) is 0 Å². The Kier molecular flexibility index (Phi) is 2.32. The summed E-state index contributed by atoms with van der Waals surface area (Å²) in [7, 11) is 0. The molecule has 3 rings (SSSR count). The van der Waals surface area contributed by atoms with Gasteiger partial charge in [-0.1, -0.05) is 20.4 Å². The minimum atomic E-state index is -0.328. The van der Waals surface area contributed by atoms with E-state index < -0.39 is 0 Å². The van der Waals surface area contributed by atoms with Crippen molar-refractivity contribution >= 4 is 0 Å². The summed E-state index contributed by atoms with van der Waals surface area (Å²) in [5, 5.41) is 19.9. The third kappa shape index (κ3) is 1.23. The van der Waals surface area contributed by atoms with Gasteiger partial charge < -0.3 is 10.2 Å². The van der Waals surface area contributed by atoms with Crippen LogP contribution in [0.2, 0.25) is 0 Å². The normalized spacial score (nSPS) is 51.6. The summed E-state index contributed by atoms with van der Waals surface area (Å²) in [6.07, 6.45) is 3.97. The Bertz CT molecular complexity index is 360. The third-order valence-electron chi connectivity index (χ3n) is 6.15. The van der Waals surface area contributed by atoms with Gasteiger partial charge in [-0.25, -0.2) is 0 Å². The predicted octanol–water partition coefficient (Wildman–Crippen LogP) is 2.36. The molecule has 3 saturated carbocycles. The van der Waals surface area contributed by atoms with Crippen LogP contribution in [0.3, 0.4) is 0 Å². The van der Waals surface area contributed by atoms with E-state index >= 15 is 0 Å². The zero-order chi connectivity index (χ0) is 12.4. The van der Waals surface area contributed by atoms with Crippen LogP contribution in [-0.4, -0.2) is 22.9 Å². The van der Waals surface area contributed by atoms with Gasteiger partial charge in [-0.05, 0) is 54.4 Å². The second-order valence-corrected chi connectivity index (χ2v) is 7.15. The van der Waals surface area contributed by atoms with Crippen LogP contribution in [0.1, 0.15) is 39.5 Å². The first-order chi connectivity index (χ1) is 7.93. The largest absolute Gasteiger partial charge is 0.396 e. The van der Waals surface area contributed by atoms with E-state index in [0.29, 0.717) is 23.2 Å². The van der Waals surface area contributed by atoms with Crippen molar-refractivity contribution in [2.45, 2.75) is 45.6 Å². The lowest BCUT2D eigenvalue weighted by molar-refractivity contribution is 0.0448. The summed E-state index contributed by atoms with van der Waals surface area (Å²) in [4.78, 5) is 0. The summed E-state index contributed by atoms with van der Waals surface area (Å²) >= 11 is 0. The third-order valence-corrected chi connectivity index (χ3v) is 6.15. The summed E-state index contributed by atoms with van der Waals surface area (Å²) in [5.74, 6) is 1.60. The van der Waals surface area contributed by atoms with Crippen molar-refractivity contribution < 1.29 is 10.2 Å². The second-order valence-electron chi connectivity index (χ2n) is 7.15. The van der Waals surface area contributed by atoms with Crippen LogP contribution < -0.4 is 0 Å². The maximum Gasteiger partial charge on any atom is 0.0756 e. The average Bonchev–Trinajstić information content (AvgIpc) is 2.58. The maximum absolute atomic E-state index is 10.1. The van der Waals surface area contributed by atoms with E-state index in [1.807, 2.05) is 0 Å². The highest BCUT2D eigenvalue weighted by molar-refractivity contribution is 5.31. The molecule has 2 nitrogen and oxygen atoms in total. The summed E-state index contributed by atoms with van der Waals surface area (Å²) in [6.45, 7) is 9.16. The van der Waals surface area contributed by atoms with E-state index in [4.69, 9.17) is 0 Å². The van der Waals surface area contributed by atoms with E-state index in [0.717, 1.165) is 24.8 Å². The topological polar surface area (TPSA) is 40.5 Å². The second kappa shape index (κ2) is 3.36. The highest BCUT2D eigenvalue weighted by atomic mass is 16.3. The SMILES string of the molecule is C=C1[C@H](O)C[C@@H]2[C@H]3CC[C@@H](CO)[C@@]12CC3(C)C. The average molecular weight is 236 g/mol. The van der Waals surface area contributed by atoms with Gasteiger partial charge in [0.15, 0.2) is 0 Å². The van der Waals surface area contributed by atoms with Gasteiger partial charge in [0.05, 0.1) is 6.10 Å². The first-order valence-electron chi connectivity index (χ1n) is 6.91. The highest BCUT2D eigenvalue weighted by Crippen LogP contribution is 2.72. The molecule has 0 aromatic heterocycles. The maximum atomic E-state index is 10.1. The molecule has 0 unspecified atom stereocenters. The summed E-state index contributed by atoms with van der Waals surface area (Å²) in [5.41, 5.74) is 1.41. The molecule has 0 radical (unpaired) electrons. The van der Waals surface area contributed by atoms with Gasteiger partial charge in [-0.3, -0.25) is 0 Å². The first kappa shape index (κ1) is 11.7. The highest BCUT2D eigenvalue weighted by Gasteiger charge is 2.66. The molecule has 0 heterocycles. The molecule has 3 aliphatic rings. The van der Waals surface area contributed by atoms with E-state index in [2.05, 4.69) is 20.4 Å². The Morgan fingerprint density at radius 3 is 2.65 bits per heavy atom. The molecule has 96 valence electrons. The minimum Gasteiger partial charge on any atom is -0.396 e. The van der Waals surface area contributed by atoms with Crippen molar-refractivity contribution in [3.05, 3.63) is 12.2 Å². The number of aliphatic hydroxyl groups excluding tert-OH is 2. The van der Waals surface area contributed by atoms with Crippen LogP contribution in [-0.2, 0) is 0 Å². The smallest absolute Gasteiger partial charge is 0.0756 e. The van der Waals surface area contributed by atoms with Crippen LogP contribution in [0.25, 0.3) is 0 Å². The lowest BCUT2D eigenvalue weighted by atomic mass is 9.61. The van der Waals surface area contributed by atoms with Crippen molar-refractivity contribution in [2.75, 3.05) is 6.61 Å². The lowest BCUT2D eigenvalue weighted by Gasteiger charge is -2.43. The Hall–Kier alpha value is -0.340. The molecule has 0 aliphatic heterocycles. The minimum absolute atomic E-state index is 0.0422. The number of hydrogen-bond donors (Lipinski definition) is 2. The van der Waals surface area contributed by atoms with Gasteiger partial charge >= 0.3 is 0 Å². The van der Waals surface area contributed by atoms with Gasteiger partial charge in [0.25, 0.3) is 0 Å². The molecule has 0 aromatic carbocycles. The van der Waals surface area contributed by atoms with Gasteiger partial charge in [-0.15, -0.1) is 0 Å². The molecular formula is C15H24O2. The van der Waals surface area contributed by atoms with E-state index in [1.165, 1.54) is 6.42 Å². The molecule has 3 fully saturated rings. The molecule has 3 aliphatic carbocycles. The number of rotatable bonds is 1. The molecule has 0 spiro atoms. The fourth-order valence-electron chi connectivity index (χ4n) is 5.53. The van der Waals surface area contributed by atoms with Crippen molar-refractivity contribution in [2.24, 2.45) is 28.6 Å². The van der Waals surface area contributed by atoms with Crippen LogP contribution in [0, 0.1) is 28.6 Å². The van der Waals surface area contributed by atoms with E-state index in [1.54, 1.807) is 0 Å². The van der Waals surface area contributed by atoms with Crippen molar-refractivity contribution in [1.82, 2.24) is 0 Å². The standard InChI is InChI=1S/C15H24O2/c1-9-13(17)6-12-11-5-4-10(7-16)15(9,12)8-14(11,2)3/h10-13,16-17H,1,4-8H2,2-3H3/t10-,11+,12+,13+,15+/m0/s1. The zero-order valence-corrected chi connectivity index (χ0v) is 10.9. The monoisotopic (exact) mass is 236 g/mol. The van der Waals surface area contributed by atoms with Crippen molar-refractivity contribution in [1.29, 1.82) is 0 Å². The Labute approximate surface area is 104 Å². The fraction of sp³-hybridized carbons (Fsp3) is 0.867. The molecule has 17 heavy (non-hydrogen) atoms. The predicted molar refractivity (Wildman–Crippen MR) is 67.4 cm³/mol. The number of hydrogen-bond acceptors (Lipinski definition) is 2. The van der Waals surface area contributed by atoms with Crippen LogP contribution in [0.4, 0.5) is 0 Å². The summed E-state index contributed by atoms with van der Waals surface area (Å²) < 4.78 is 0. The molecule has 0 saturated heterocycles. The molecule has 0 aromatic rings. The van der Waals surface area contributed by atoms with Crippen molar-refractivity contribution in [3.63, 3.8) is 0 Å². The molecule has 5 atom stereocenters. The van der Waals surface area contributed by atoms with Crippen LogP contribution >= 0.6 is 0 Å². The van der Waals surface area contributed by atoms with Gasteiger partial charge in [0.1, 0.15) is 0 Å².